The van der Waals surface area contributed by atoms with Gasteiger partial charge >= 0.3 is 0 Å². The van der Waals surface area contributed by atoms with Crippen molar-refractivity contribution in [1.29, 1.82) is 0 Å². The molecule has 5 nitrogen and oxygen atoms in total. The van der Waals surface area contributed by atoms with Crippen LogP contribution in [-0.2, 0) is 4.79 Å². The molecular weight excluding hydrogens is 410 g/mol. The molecule has 3 aromatic rings. The Morgan fingerprint density at radius 1 is 0.848 bits per heavy atom. The number of hydrogen-bond donors (Lipinski definition) is 2. The van der Waals surface area contributed by atoms with Crippen molar-refractivity contribution < 1.29 is 9.53 Å². The third kappa shape index (κ3) is 4.07. The molecule has 0 saturated heterocycles. The highest BCUT2D eigenvalue weighted by atomic mass is 16.5. The summed E-state index contributed by atoms with van der Waals surface area (Å²) in [5.74, 6) is 1.14. The summed E-state index contributed by atoms with van der Waals surface area (Å²) in [6.45, 7) is 0. The highest BCUT2D eigenvalue weighted by Crippen LogP contribution is 2.44. The van der Waals surface area contributed by atoms with Crippen LogP contribution in [0.25, 0.3) is 0 Å². The van der Waals surface area contributed by atoms with E-state index in [1.165, 1.54) is 5.56 Å². The van der Waals surface area contributed by atoms with Crippen molar-refractivity contribution in [3.05, 3.63) is 95.2 Å². The van der Waals surface area contributed by atoms with E-state index in [9.17, 15) is 4.79 Å². The molecule has 0 aromatic heterocycles. The molecule has 2 N–H and O–H groups in total. The van der Waals surface area contributed by atoms with Gasteiger partial charge in [-0.05, 0) is 59.9 Å². The number of fused-ring (bicyclic) bond motifs is 1. The fourth-order valence-electron chi connectivity index (χ4n) is 4.82. The van der Waals surface area contributed by atoms with Crippen LogP contribution in [0, 0.1) is 0 Å². The first kappa shape index (κ1) is 21.1. The van der Waals surface area contributed by atoms with Crippen molar-refractivity contribution in [3.63, 3.8) is 0 Å². The van der Waals surface area contributed by atoms with Gasteiger partial charge in [0, 0.05) is 37.5 Å². The van der Waals surface area contributed by atoms with Crippen LogP contribution in [-0.4, -0.2) is 27.0 Å². The molecule has 0 amide bonds. The monoisotopic (exact) mass is 439 g/mol. The first-order valence-corrected chi connectivity index (χ1v) is 11.3. The Bertz CT molecular complexity index is 1200. The maximum absolute atomic E-state index is 13.6. The highest BCUT2D eigenvalue weighted by molar-refractivity contribution is 6.01. The Morgan fingerprint density at radius 2 is 1.52 bits per heavy atom. The number of anilines is 3. The molecule has 5 heteroatoms. The minimum absolute atomic E-state index is 0.154. The average molecular weight is 440 g/mol. The van der Waals surface area contributed by atoms with Crippen LogP contribution in [0.15, 0.2) is 84.1 Å². The molecule has 2 atom stereocenters. The molecule has 1 aliphatic heterocycles. The number of ketones is 1. The summed E-state index contributed by atoms with van der Waals surface area (Å²) in [7, 11) is 5.74. The number of hydrogen-bond acceptors (Lipinski definition) is 5. The van der Waals surface area contributed by atoms with Crippen molar-refractivity contribution in [2.75, 3.05) is 36.7 Å². The number of rotatable bonds is 4. The lowest BCUT2D eigenvalue weighted by atomic mass is 9.78. The number of ether oxygens (including phenoxy) is 1. The van der Waals surface area contributed by atoms with Gasteiger partial charge in [-0.2, -0.15) is 0 Å². The molecule has 5 rings (SSSR count). The SMILES string of the molecule is COc1ccc(C2Nc3ccccc3NC3=C2C(=O)CC(c2ccc(N(C)C)cc2)C3)cc1. The molecule has 168 valence electrons. The van der Waals surface area contributed by atoms with Gasteiger partial charge in [0.1, 0.15) is 5.75 Å². The summed E-state index contributed by atoms with van der Waals surface area (Å²) in [5.41, 5.74) is 7.23. The first-order chi connectivity index (χ1) is 16.0. The van der Waals surface area contributed by atoms with Gasteiger partial charge in [-0.25, -0.2) is 0 Å². The zero-order valence-electron chi connectivity index (χ0n) is 19.3. The Morgan fingerprint density at radius 3 is 2.18 bits per heavy atom. The Labute approximate surface area is 195 Å². The lowest BCUT2D eigenvalue weighted by Gasteiger charge is -2.30. The van der Waals surface area contributed by atoms with Gasteiger partial charge in [-0.3, -0.25) is 4.79 Å². The first-order valence-electron chi connectivity index (χ1n) is 11.3. The van der Waals surface area contributed by atoms with Gasteiger partial charge in [0.15, 0.2) is 5.78 Å². The molecule has 1 aliphatic carbocycles. The lowest BCUT2D eigenvalue weighted by molar-refractivity contribution is -0.116. The van der Waals surface area contributed by atoms with Crippen LogP contribution >= 0.6 is 0 Å². The third-order valence-corrected chi connectivity index (χ3v) is 6.64. The number of carbonyl (C=O) groups excluding carboxylic acids is 1. The lowest BCUT2D eigenvalue weighted by Crippen LogP contribution is -2.26. The average Bonchev–Trinajstić information content (AvgIpc) is 3.01. The predicted molar refractivity (Wildman–Crippen MR) is 134 cm³/mol. The van der Waals surface area contributed by atoms with Gasteiger partial charge in [0.05, 0.1) is 24.5 Å². The van der Waals surface area contributed by atoms with E-state index in [0.29, 0.717) is 6.42 Å². The number of benzene rings is 3. The topological polar surface area (TPSA) is 53.6 Å². The van der Waals surface area contributed by atoms with Crippen LogP contribution in [0.2, 0.25) is 0 Å². The molecular formula is C28H29N3O2. The zero-order chi connectivity index (χ0) is 22.9. The summed E-state index contributed by atoms with van der Waals surface area (Å²) in [5, 5.41) is 7.24. The van der Waals surface area contributed by atoms with Crippen LogP contribution < -0.4 is 20.3 Å². The maximum atomic E-state index is 13.6. The molecule has 0 bridgehead atoms. The smallest absolute Gasteiger partial charge is 0.163 e. The standard InChI is InChI=1S/C28H29N3O2/c1-31(2)21-12-8-18(9-13-21)20-16-25-27(26(32)17-20)28(19-10-14-22(33-3)15-11-19)30-24-7-5-4-6-23(24)29-25/h4-15,20,28-30H,16-17H2,1-3H3. The van der Waals surface area contributed by atoms with Gasteiger partial charge in [-0.1, -0.05) is 36.4 Å². The molecule has 0 spiro atoms. The van der Waals surface area contributed by atoms with Crippen molar-refractivity contribution >= 4 is 22.8 Å². The molecule has 1 heterocycles. The number of allylic oxidation sites excluding steroid dienone is 1. The normalized spacial score (nSPS) is 19.5. The van der Waals surface area contributed by atoms with Crippen LogP contribution in [0.5, 0.6) is 5.75 Å². The van der Waals surface area contributed by atoms with Crippen molar-refractivity contribution in [2.24, 2.45) is 0 Å². The largest absolute Gasteiger partial charge is 0.497 e. The van der Waals surface area contributed by atoms with E-state index in [-0.39, 0.29) is 17.7 Å². The minimum atomic E-state index is -0.216. The van der Waals surface area contributed by atoms with Crippen LogP contribution in [0.4, 0.5) is 17.1 Å². The summed E-state index contributed by atoms with van der Waals surface area (Å²) in [6, 6.07) is 24.5. The van der Waals surface area contributed by atoms with Crippen molar-refractivity contribution in [1.82, 2.24) is 0 Å². The fraction of sp³-hybridized carbons (Fsp3) is 0.250. The van der Waals surface area contributed by atoms with E-state index in [1.54, 1.807) is 7.11 Å². The highest BCUT2D eigenvalue weighted by Gasteiger charge is 2.36. The molecule has 2 unspecified atom stereocenters. The third-order valence-electron chi connectivity index (χ3n) is 6.64. The van der Waals surface area contributed by atoms with Crippen LogP contribution in [0.3, 0.4) is 0 Å². The molecule has 3 aromatic carbocycles. The van der Waals surface area contributed by atoms with E-state index in [1.807, 2.05) is 50.5 Å². The van der Waals surface area contributed by atoms with Gasteiger partial charge in [0.2, 0.25) is 0 Å². The molecule has 0 fully saturated rings. The van der Waals surface area contributed by atoms with Crippen LogP contribution in [0.1, 0.15) is 35.9 Å². The second-order valence-corrected chi connectivity index (χ2v) is 8.93. The maximum Gasteiger partial charge on any atom is 0.163 e. The number of carbonyl (C=O) groups is 1. The van der Waals surface area contributed by atoms with Gasteiger partial charge in [0.25, 0.3) is 0 Å². The quantitative estimate of drug-likeness (QED) is 0.543. The minimum Gasteiger partial charge on any atom is -0.497 e. The second-order valence-electron chi connectivity index (χ2n) is 8.93. The zero-order valence-corrected chi connectivity index (χ0v) is 19.3. The number of methoxy groups -OCH3 is 1. The summed E-state index contributed by atoms with van der Waals surface area (Å²) < 4.78 is 5.34. The van der Waals surface area contributed by atoms with E-state index < -0.39 is 0 Å². The van der Waals surface area contributed by atoms with Gasteiger partial charge < -0.3 is 20.3 Å². The summed E-state index contributed by atoms with van der Waals surface area (Å²) >= 11 is 0. The van der Waals surface area contributed by atoms with E-state index in [2.05, 4.69) is 51.9 Å². The second kappa shape index (κ2) is 8.66. The number of nitrogens with zero attached hydrogens (tertiary/aromatic N) is 1. The van der Waals surface area contributed by atoms with E-state index in [0.717, 1.165) is 46.1 Å². The Hall–Kier alpha value is -3.73. The summed E-state index contributed by atoms with van der Waals surface area (Å²) in [6.07, 6.45) is 1.30. The Kier molecular flexibility index (Phi) is 5.55. The Balaban J connectivity index is 1.54. The van der Waals surface area contributed by atoms with Gasteiger partial charge in [-0.15, -0.1) is 0 Å². The molecule has 33 heavy (non-hydrogen) atoms. The van der Waals surface area contributed by atoms with E-state index >= 15 is 0 Å². The predicted octanol–water partition coefficient (Wildman–Crippen LogP) is 5.74. The molecule has 0 saturated carbocycles. The number of para-hydroxylation sites is 2. The summed E-state index contributed by atoms with van der Waals surface area (Å²) in [4.78, 5) is 15.7. The number of Topliss-reactive ketones (excluding diaryl/α,β-unsaturated/α-hetero) is 1. The molecule has 0 radical (unpaired) electrons. The fourth-order valence-corrected chi connectivity index (χ4v) is 4.82. The number of nitrogens with one attached hydrogen (secondary N) is 2. The molecule has 2 aliphatic rings. The van der Waals surface area contributed by atoms with Crippen molar-refractivity contribution in [3.8, 4) is 5.75 Å². The van der Waals surface area contributed by atoms with E-state index in [4.69, 9.17) is 4.74 Å². The van der Waals surface area contributed by atoms with Crippen molar-refractivity contribution in [2.45, 2.75) is 24.8 Å².